The highest BCUT2D eigenvalue weighted by Gasteiger charge is 2.37. The Morgan fingerprint density at radius 3 is 2.77 bits per heavy atom. The second-order valence-corrected chi connectivity index (χ2v) is 8.14. The summed E-state index contributed by atoms with van der Waals surface area (Å²) < 4.78 is 42.4. The van der Waals surface area contributed by atoms with Crippen LogP contribution in [0.3, 0.4) is 0 Å². The van der Waals surface area contributed by atoms with E-state index in [0.29, 0.717) is 18.7 Å². The average Bonchev–Trinajstić information content (AvgIpc) is 3.53. The molecule has 4 aromatic heterocycles. The van der Waals surface area contributed by atoms with Crippen LogP contribution in [0.2, 0.25) is 5.15 Å². The summed E-state index contributed by atoms with van der Waals surface area (Å²) in [6, 6.07) is 2.93. The number of imidazole rings is 1. The van der Waals surface area contributed by atoms with Gasteiger partial charge in [-0.3, -0.25) is 14.3 Å². The number of amides is 1. The van der Waals surface area contributed by atoms with Crippen molar-refractivity contribution >= 4 is 40.1 Å². The van der Waals surface area contributed by atoms with Gasteiger partial charge in [-0.2, -0.15) is 29.6 Å². The number of rotatable bonds is 3. The van der Waals surface area contributed by atoms with Crippen LogP contribution in [0, 0.1) is 0 Å². The number of halogens is 4. The average molecular weight is 464 g/mol. The van der Waals surface area contributed by atoms with Crippen LogP contribution >= 0.6 is 22.9 Å². The molecule has 0 radical (unpaired) electrons. The highest BCUT2D eigenvalue weighted by Crippen LogP contribution is 2.37. The number of aromatic nitrogens is 4. The van der Waals surface area contributed by atoms with E-state index in [9.17, 15) is 18.0 Å². The van der Waals surface area contributed by atoms with E-state index in [1.54, 1.807) is 11.3 Å². The van der Waals surface area contributed by atoms with Crippen LogP contribution in [-0.2, 0) is 6.18 Å². The molecule has 11 heteroatoms. The lowest BCUT2D eigenvalue weighted by Crippen LogP contribution is -2.29. The number of fused-ring (bicyclic) bond motifs is 1. The molecule has 0 saturated carbocycles. The summed E-state index contributed by atoms with van der Waals surface area (Å²) in [5.74, 6) is -0.520. The standard InChI is InChI=1S/C20H13ClF3N5OS/c21-17-16(19(30)28-3-1-11(8-28)12-2-4-31-10-12)27-18-15(20(22,23)24)5-13(9-29(17)18)14-6-25-26-7-14/h1-2,4-7,9-10H,3,8H2,(H,25,26). The van der Waals surface area contributed by atoms with Crippen LogP contribution in [0.5, 0.6) is 0 Å². The number of aromatic amines is 1. The molecule has 0 aliphatic carbocycles. The summed E-state index contributed by atoms with van der Waals surface area (Å²) in [5.41, 5.74) is 1.09. The number of carbonyl (C=O) groups is 1. The van der Waals surface area contributed by atoms with Crippen LogP contribution < -0.4 is 0 Å². The monoisotopic (exact) mass is 463 g/mol. The first-order valence-corrected chi connectivity index (χ1v) is 10.4. The zero-order valence-electron chi connectivity index (χ0n) is 15.7. The van der Waals surface area contributed by atoms with Gasteiger partial charge in [0.05, 0.1) is 11.8 Å². The minimum absolute atomic E-state index is 0.167. The summed E-state index contributed by atoms with van der Waals surface area (Å²) in [5, 5.41) is 10.1. The number of hydrogen-bond donors (Lipinski definition) is 1. The number of thiophene rings is 1. The van der Waals surface area contributed by atoms with Crippen molar-refractivity contribution in [1.29, 1.82) is 0 Å². The van der Waals surface area contributed by atoms with Crippen LogP contribution in [0.25, 0.3) is 22.3 Å². The third-order valence-corrected chi connectivity index (χ3v) is 6.14. The van der Waals surface area contributed by atoms with E-state index in [1.165, 1.54) is 23.5 Å². The van der Waals surface area contributed by atoms with E-state index in [4.69, 9.17) is 11.6 Å². The maximum atomic E-state index is 13.8. The number of carbonyl (C=O) groups excluding carboxylic acids is 1. The Morgan fingerprint density at radius 2 is 2.10 bits per heavy atom. The van der Waals surface area contributed by atoms with E-state index in [-0.39, 0.29) is 16.4 Å². The zero-order chi connectivity index (χ0) is 21.8. The second-order valence-electron chi connectivity index (χ2n) is 7.00. The van der Waals surface area contributed by atoms with Crippen molar-refractivity contribution in [3.8, 4) is 11.1 Å². The highest BCUT2D eigenvalue weighted by atomic mass is 35.5. The molecule has 0 saturated heterocycles. The molecule has 1 aliphatic heterocycles. The Hall–Kier alpha value is -3.11. The number of nitrogens with zero attached hydrogens (tertiary/aromatic N) is 4. The second kappa shape index (κ2) is 7.24. The van der Waals surface area contributed by atoms with Crippen LogP contribution in [0.4, 0.5) is 13.2 Å². The first kappa shape index (κ1) is 19.8. The summed E-state index contributed by atoms with van der Waals surface area (Å²) in [6.07, 6.45) is 1.53. The van der Waals surface area contributed by atoms with E-state index < -0.39 is 23.3 Å². The Kier molecular flexibility index (Phi) is 4.63. The minimum Gasteiger partial charge on any atom is -0.329 e. The Bertz CT molecular complexity index is 1310. The fourth-order valence-corrected chi connectivity index (χ4v) is 4.48. The van der Waals surface area contributed by atoms with E-state index in [2.05, 4.69) is 15.2 Å². The number of nitrogens with one attached hydrogen (secondary N) is 1. The molecule has 5 heterocycles. The predicted octanol–water partition coefficient (Wildman–Crippen LogP) is 5.00. The third-order valence-electron chi connectivity index (χ3n) is 5.10. The van der Waals surface area contributed by atoms with Gasteiger partial charge >= 0.3 is 6.18 Å². The molecule has 0 bridgehead atoms. The molecular formula is C20H13ClF3N5OS. The van der Waals surface area contributed by atoms with Gasteiger partial charge in [-0.05, 0) is 34.0 Å². The molecule has 158 valence electrons. The molecule has 5 rings (SSSR count). The van der Waals surface area contributed by atoms with Crippen molar-refractivity contribution in [1.82, 2.24) is 24.5 Å². The Morgan fingerprint density at radius 1 is 1.26 bits per heavy atom. The van der Waals surface area contributed by atoms with E-state index in [0.717, 1.165) is 21.6 Å². The molecule has 6 nitrogen and oxygen atoms in total. The molecule has 1 N–H and O–H groups in total. The number of hydrogen-bond acceptors (Lipinski definition) is 4. The molecule has 0 unspecified atom stereocenters. The third kappa shape index (κ3) is 3.41. The minimum atomic E-state index is -4.68. The van der Waals surface area contributed by atoms with Crippen molar-refractivity contribution in [2.75, 3.05) is 13.1 Å². The molecular weight excluding hydrogens is 451 g/mol. The lowest BCUT2D eigenvalue weighted by molar-refractivity contribution is -0.136. The number of pyridine rings is 1. The first-order valence-electron chi connectivity index (χ1n) is 9.12. The Balaban J connectivity index is 1.56. The molecule has 0 aromatic carbocycles. The van der Waals surface area contributed by atoms with Gasteiger partial charge in [0.2, 0.25) is 0 Å². The van der Waals surface area contributed by atoms with Crippen LogP contribution in [-0.4, -0.2) is 43.5 Å². The molecule has 0 atom stereocenters. The molecule has 1 aliphatic rings. The Labute approximate surface area is 182 Å². The van der Waals surface area contributed by atoms with E-state index in [1.807, 2.05) is 22.9 Å². The molecule has 0 spiro atoms. The summed E-state index contributed by atoms with van der Waals surface area (Å²) >= 11 is 7.92. The maximum absolute atomic E-state index is 13.8. The van der Waals surface area contributed by atoms with E-state index >= 15 is 0 Å². The van der Waals surface area contributed by atoms with Gasteiger partial charge < -0.3 is 4.90 Å². The van der Waals surface area contributed by atoms with Gasteiger partial charge in [-0.25, -0.2) is 4.98 Å². The van der Waals surface area contributed by atoms with Gasteiger partial charge in [0.1, 0.15) is 5.15 Å². The summed E-state index contributed by atoms with van der Waals surface area (Å²) in [7, 11) is 0. The fraction of sp³-hybridized carbons (Fsp3) is 0.150. The zero-order valence-corrected chi connectivity index (χ0v) is 17.2. The van der Waals surface area contributed by atoms with Crippen LogP contribution in [0.1, 0.15) is 21.6 Å². The first-order chi connectivity index (χ1) is 14.8. The predicted molar refractivity (Wildman–Crippen MR) is 111 cm³/mol. The smallest absolute Gasteiger partial charge is 0.329 e. The SMILES string of the molecule is O=C(c1nc2c(C(F)(F)F)cc(-c3cn[nH]c3)cn2c1Cl)N1CC=C(c2ccsc2)C1. The lowest BCUT2D eigenvalue weighted by Gasteiger charge is -2.15. The quantitative estimate of drug-likeness (QED) is 0.465. The topological polar surface area (TPSA) is 66.3 Å². The lowest BCUT2D eigenvalue weighted by atomic mass is 10.1. The molecule has 31 heavy (non-hydrogen) atoms. The van der Waals surface area contributed by atoms with Gasteiger partial charge in [-0.1, -0.05) is 17.7 Å². The van der Waals surface area contributed by atoms with Gasteiger partial charge in [0, 0.05) is 36.6 Å². The van der Waals surface area contributed by atoms with Crippen molar-refractivity contribution in [2.45, 2.75) is 6.18 Å². The van der Waals surface area contributed by atoms with Gasteiger partial charge in [0.25, 0.3) is 5.91 Å². The highest BCUT2D eigenvalue weighted by molar-refractivity contribution is 7.08. The van der Waals surface area contributed by atoms with Crippen molar-refractivity contribution in [3.05, 3.63) is 69.5 Å². The van der Waals surface area contributed by atoms with Gasteiger partial charge in [0.15, 0.2) is 11.3 Å². The fourth-order valence-electron chi connectivity index (χ4n) is 3.54. The number of alkyl halides is 3. The summed E-state index contributed by atoms with van der Waals surface area (Å²) in [4.78, 5) is 18.6. The molecule has 4 aromatic rings. The summed E-state index contributed by atoms with van der Waals surface area (Å²) in [6.45, 7) is 0.673. The molecule has 0 fully saturated rings. The maximum Gasteiger partial charge on any atom is 0.420 e. The number of H-pyrrole nitrogens is 1. The van der Waals surface area contributed by atoms with Gasteiger partial charge in [-0.15, -0.1) is 0 Å². The largest absolute Gasteiger partial charge is 0.420 e. The van der Waals surface area contributed by atoms with Crippen molar-refractivity contribution < 1.29 is 18.0 Å². The van der Waals surface area contributed by atoms with Crippen LogP contribution in [0.15, 0.2) is 47.6 Å². The van der Waals surface area contributed by atoms with Crippen molar-refractivity contribution in [3.63, 3.8) is 0 Å². The van der Waals surface area contributed by atoms with Crippen molar-refractivity contribution in [2.24, 2.45) is 0 Å². The molecule has 1 amide bonds. The normalized spacial score (nSPS) is 14.5.